The first-order valence-corrected chi connectivity index (χ1v) is 11.0. The van der Waals surface area contributed by atoms with E-state index in [4.69, 9.17) is 21.7 Å². The van der Waals surface area contributed by atoms with E-state index in [1.165, 1.54) is 11.7 Å². The van der Waals surface area contributed by atoms with Crippen molar-refractivity contribution in [2.24, 2.45) is 0 Å². The average molecular weight is 470 g/mol. The van der Waals surface area contributed by atoms with Crippen molar-refractivity contribution in [3.05, 3.63) is 74.8 Å². The summed E-state index contributed by atoms with van der Waals surface area (Å²) in [6.07, 6.45) is 0.738. The first kappa shape index (κ1) is 24.3. The van der Waals surface area contributed by atoms with Gasteiger partial charge in [-0.1, -0.05) is 30.3 Å². The van der Waals surface area contributed by atoms with Crippen LogP contribution in [0.4, 0.5) is 0 Å². The number of carbonyl (C=O) groups is 2. The number of aromatic amines is 1. The molecule has 0 bridgehead atoms. The third kappa shape index (κ3) is 6.15. The van der Waals surface area contributed by atoms with Crippen molar-refractivity contribution in [2.75, 3.05) is 27.4 Å². The number of amides is 1. The normalized spacial score (nSPS) is 10.8. The van der Waals surface area contributed by atoms with Gasteiger partial charge in [0.1, 0.15) is 0 Å². The molecule has 0 saturated carbocycles. The molecule has 3 aromatic rings. The summed E-state index contributed by atoms with van der Waals surface area (Å²) in [6, 6.07) is 14.4. The lowest BCUT2D eigenvalue weighted by molar-refractivity contribution is -0.140. The summed E-state index contributed by atoms with van der Waals surface area (Å²) in [5.41, 5.74) is 1.61. The molecule has 3 rings (SSSR count). The molecule has 0 fully saturated rings. The maximum absolute atomic E-state index is 13.3. The summed E-state index contributed by atoms with van der Waals surface area (Å²) in [4.78, 5) is 42.6. The highest BCUT2D eigenvalue weighted by molar-refractivity contribution is 7.71. The molecule has 0 spiro atoms. The van der Waals surface area contributed by atoms with E-state index in [-0.39, 0.29) is 24.4 Å². The molecule has 0 unspecified atom stereocenters. The van der Waals surface area contributed by atoms with Crippen LogP contribution >= 0.6 is 12.2 Å². The third-order valence-electron chi connectivity index (χ3n) is 5.28. The van der Waals surface area contributed by atoms with Crippen molar-refractivity contribution in [1.29, 1.82) is 0 Å². The number of benzene rings is 2. The fraction of sp³-hybridized carbons (Fsp3) is 0.333. The molecule has 174 valence electrons. The summed E-state index contributed by atoms with van der Waals surface area (Å²) in [5, 5.41) is 0.446. The topological polar surface area (TPSA) is 93.6 Å². The molecule has 1 N–H and O–H groups in total. The van der Waals surface area contributed by atoms with Crippen molar-refractivity contribution in [3.63, 3.8) is 0 Å². The molecule has 1 aromatic heterocycles. The number of methoxy groups -OCH3 is 2. The molecule has 0 aliphatic carbocycles. The minimum absolute atomic E-state index is 0.0806. The zero-order valence-corrected chi connectivity index (χ0v) is 19.5. The van der Waals surface area contributed by atoms with Crippen LogP contribution in [0.3, 0.4) is 0 Å². The second kappa shape index (κ2) is 11.5. The van der Waals surface area contributed by atoms with Gasteiger partial charge in [-0.05, 0) is 42.4 Å². The molecule has 0 radical (unpaired) electrons. The molecule has 0 saturated heterocycles. The lowest BCUT2D eigenvalue weighted by atomic mass is 10.1. The molecular weight excluding hydrogens is 442 g/mol. The fourth-order valence-corrected chi connectivity index (χ4v) is 3.81. The van der Waals surface area contributed by atoms with Crippen LogP contribution in [0.15, 0.2) is 53.3 Å². The van der Waals surface area contributed by atoms with Gasteiger partial charge in [0.05, 0.1) is 24.4 Å². The standard InChI is InChI=1S/C24H27N3O5S/c1-31-14-6-12-27-23(30)19-10-9-18(15-20(19)25-24(27)33)22(29)26(13-11-21(28)32-2)16-17-7-4-3-5-8-17/h3-5,7-10,15H,6,11-14,16H2,1-2H3,(H,25,33). The first-order chi connectivity index (χ1) is 15.9. The second-order valence-electron chi connectivity index (χ2n) is 7.53. The Morgan fingerprint density at radius 3 is 2.58 bits per heavy atom. The zero-order chi connectivity index (χ0) is 23.8. The lowest BCUT2D eigenvalue weighted by Gasteiger charge is -2.23. The van der Waals surface area contributed by atoms with Crippen molar-refractivity contribution in [2.45, 2.75) is 25.9 Å². The summed E-state index contributed by atoms with van der Waals surface area (Å²) in [6.45, 7) is 1.51. The smallest absolute Gasteiger partial charge is 0.307 e. The number of esters is 1. The Bertz CT molecular complexity index is 1240. The van der Waals surface area contributed by atoms with Crippen molar-refractivity contribution >= 4 is 35.0 Å². The number of nitrogens with one attached hydrogen (secondary N) is 1. The number of carbonyl (C=O) groups excluding carboxylic acids is 2. The highest BCUT2D eigenvalue weighted by Crippen LogP contribution is 2.16. The highest BCUT2D eigenvalue weighted by atomic mass is 32.1. The number of fused-ring (bicyclic) bond motifs is 1. The molecule has 2 aromatic carbocycles. The van der Waals surface area contributed by atoms with Crippen LogP contribution in [0.25, 0.3) is 10.9 Å². The Balaban J connectivity index is 1.91. The van der Waals surface area contributed by atoms with E-state index in [2.05, 4.69) is 4.98 Å². The average Bonchev–Trinajstić information content (AvgIpc) is 2.83. The molecule has 1 heterocycles. The van der Waals surface area contributed by atoms with Gasteiger partial charge in [-0.25, -0.2) is 0 Å². The SMILES string of the molecule is COCCCn1c(=S)[nH]c2cc(C(=O)N(CCC(=O)OC)Cc3ccccc3)ccc2c1=O. The van der Waals surface area contributed by atoms with Gasteiger partial charge < -0.3 is 19.4 Å². The van der Waals surface area contributed by atoms with Crippen molar-refractivity contribution in [3.8, 4) is 0 Å². The van der Waals surface area contributed by atoms with Crippen molar-refractivity contribution < 1.29 is 19.1 Å². The van der Waals surface area contributed by atoms with Crippen LogP contribution < -0.4 is 5.56 Å². The molecule has 9 heteroatoms. The van der Waals surface area contributed by atoms with Crippen LogP contribution in [0, 0.1) is 4.77 Å². The van der Waals surface area contributed by atoms with E-state index in [1.807, 2.05) is 30.3 Å². The summed E-state index contributed by atoms with van der Waals surface area (Å²) < 4.78 is 11.6. The van der Waals surface area contributed by atoms with Gasteiger partial charge in [-0.2, -0.15) is 0 Å². The Kier molecular flexibility index (Phi) is 8.51. The lowest BCUT2D eigenvalue weighted by Crippen LogP contribution is -2.33. The zero-order valence-electron chi connectivity index (χ0n) is 18.7. The second-order valence-corrected chi connectivity index (χ2v) is 7.92. The molecular formula is C24H27N3O5S. The van der Waals surface area contributed by atoms with Gasteiger partial charge in [0.2, 0.25) is 0 Å². The van der Waals surface area contributed by atoms with E-state index >= 15 is 0 Å². The Morgan fingerprint density at radius 1 is 1.12 bits per heavy atom. The Hall–Kier alpha value is -3.30. The van der Waals surface area contributed by atoms with Gasteiger partial charge in [-0.15, -0.1) is 0 Å². The van der Waals surface area contributed by atoms with Crippen LogP contribution in [0.5, 0.6) is 0 Å². The van der Waals surface area contributed by atoms with E-state index in [9.17, 15) is 14.4 Å². The maximum Gasteiger partial charge on any atom is 0.307 e. The summed E-state index contributed by atoms with van der Waals surface area (Å²) >= 11 is 5.37. The molecule has 33 heavy (non-hydrogen) atoms. The number of H-pyrrole nitrogens is 1. The minimum atomic E-state index is -0.391. The monoisotopic (exact) mass is 469 g/mol. The summed E-state index contributed by atoms with van der Waals surface area (Å²) in [7, 11) is 2.92. The largest absolute Gasteiger partial charge is 0.469 e. The number of rotatable bonds is 10. The Morgan fingerprint density at radius 2 is 1.88 bits per heavy atom. The van der Waals surface area contributed by atoms with E-state index in [0.29, 0.717) is 47.4 Å². The number of nitrogens with zero attached hydrogens (tertiary/aromatic N) is 2. The fourth-order valence-electron chi connectivity index (χ4n) is 3.52. The van der Waals surface area contributed by atoms with Crippen molar-refractivity contribution in [1.82, 2.24) is 14.5 Å². The number of hydrogen-bond donors (Lipinski definition) is 1. The predicted molar refractivity (Wildman–Crippen MR) is 128 cm³/mol. The molecule has 1 amide bonds. The third-order valence-corrected chi connectivity index (χ3v) is 5.60. The molecule has 8 nitrogen and oxygen atoms in total. The maximum atomic E-state index is 13.3. The highest BCUT2D eigenvalue weighted by Gasteiger charge is 2.19. The van der Waals surface area contributed by atoms with E-state index in [1.54, 1.807) is 30.2 Å². The van der Waals surface area contributed by atoms with Crippen LogP contribution in [0.2, 0.25) is 0 Å². The number of ether oxygens (including phenoxy) is 2. The minimum Gasteiger partial charge on any atom is -0.469 e. The number of hydrogen-bond acceptors (Lipinski definition) is 6. The van der Waals surface area contributed by atoms with Gasteiger partial charge in [0, 0.05) is 38.9 Å². The van der Waals surface area contributed by atoms with E-state index in [0.717, 1.165) is 5.56 Å². The van der Waals surface area contributed by atoms with E-state index < -0.39 is 5.97 Å². The molecule has 0 aliphatic heterocycles. The number of aromatic nitrogens is 2. The van der Waals surface area contributed by atoms with Gasteiger partial charge in [0.15, 0.2) is 4.77 Å². The first-order valence-electron chi connectivity index (χ1n) is 10.6. The molecule has 0 atom stereocenters. The summed E-state index contributed by atoms with van der Waals surface area (Å²) in [5.74, 6) is -0.647. The quantitative estimate of drug-likeness (QED) is 0.278. The predicted octanol–water partition coefficient (Wildman–Crippen LogP) is 3.30. The van der Waals surface area contributed by atoms with Gasteiger partial charge in [-0.3, -0.25) is 19.0 Å². The van der Waals surface area contributed by atoms with Crippen LogP contribution in [0.1, 0.15) is 28.8 Å². The Labute approximate surface area is 196 Å². The van der Waals surface area contributed by atoms with Crippen LogP contribution in [-0.2, 0) is 27.4 Å². The van der Waals surface area contributed by atoms with Gasteiger partial charge in [0.25, 0.3) is 11.5 Å². The van der Waals surface area contributed by atoms with Gasteiger partial charge >= 0.3 is 5.97 Å². The van der Waals surface area contributed by atoms with Crippen LogP contribution in [-0.4, -0.2) is 53.7 Å². The molecule has 0 aliphatic rings.